The summed E-state index contributed by atoms with van der Waals surface area (Å²) in [5, 5.41) is 9.72. The van der Waals surface area contributed by atoms with Crippen molar-refractivity contribution in [2.45, 2.75) is 19.3 Å². The van der Waals surface area contributed by atoms with Gasteiger partial charge in [0.2, 0.25) is 5.91 Å². The third-order valence-corrected chi connectivity index (χ3v) is 5.05. The van der Waals surface area contributed by atoms with Gasteiger partial charge in [-0.2, -0.15) is 0 Å². The molecule has 0 bridgehead atoms. The smallest absolute Gasteiger partial charge is 0.313 e. The van der Waals surface area contributed by atoms with Gasteiger partial charge >= 0.3 is 5.97 Å². The average Bonchev–Trinajstić information content (AvgIpc) is 3.11. The summed E-state index contributed by atoms with van der Waals surface area (Å²) < 4.78 is 5.24. The van der Waals surface area contributed by atoms with Crippen molar-refractivity contribution >= 4 is 11.9 Å². The molecule has 0 spiro atoms. The van der Waals surface area contributed by atoms with Crippen LogP contribution in [0.4, 0.5) is 0 Å². The number of carbonyl (C=O) groups excluding carboxylic acids is 1. The number of nitrogens with zero attached hydrogens (tertiary/aromatic N) is 2. The maximum Gasteiger partial charge on any atom is 0.313 e. The molecule has 0 unspecified atom stereocenters. The average molecular weight is 306 g/mol. The van der Waals surface area contributed by atoms with Gasteiger partial charge < -0.3 is 19.3 Å². The first-order valence-electron chi connectivity index (χ1n) is 7.73. The van der Waals surface area contributed by atoms with Gasteiger partial charge in [0.15, 0.2) is 0 Å². The Morgan fingerprint density at radius 1 is 1.45 bits per heavy atom. The first kappa shape index (κ1) is 15.1. The molecule has 3 heterocycles. The molecule has 2 fully saturated rings. The number of aryl methyl sites for hydroxylation is 1. The highest BCUT2D eigenvalue weighted by atomic mass is 16.4. The number of fused-ring (bicyclic) bond motifs is 1. The number of piperidine rings is 1. The maximum absolute atomic E-state index is 12.4. The topological polar surface area (TPSA) is 74.0 Å². The first-order chi connectivity index (χ1) is 10.5. The summed E-state index contributed by atoms with van der Waals surface area (Å²) >= 11 is 0. The summed E-state index contributed by atoms with van der Waals surface area (Å²) in [5.41, 5.74) is -0.798. The van der Waals surface area contributed by atoms with Gasteiger partial charge in [0.05, 0.1) is 6.26 Å². The lowest BCUT2D eigenvalue weighted by molar-refractivity contribution is -0.154. The Kier molecular flexibility index (Phi) is 3.95. The van der Waals surface area contributed by atoms with Crippen molar-refractivity contribution in [2.24, 2.45) is 11.3 Å². The van der Waals surface area contributed by atoms with Crippen molar-refractivity contribution < 1.29 is 19.1 Å². The van der Waals surface area contributed by atoms with E-state index in [0.29, 0.717) is 32.5 Å². The molecule has 6 heteroatoms. The van der Waals surface area contributed by atoms with Crippen LogP contribution in [0, 0.1) is 11.3 Å². The van der Waals surface area contributed by atoms with Gasteiger partial charge in [-0.05, 0) is 38.1 Å². The minimum atomic E-state index is -0.798. The molecule has 1 aromatic rings. The Hall–Kier alpha value is -1.82. The van der Waals surface area contributed by atoms with E-state index in [0.717, 1.165) is 18.7 Å². The summed E-state index contributed by atoms with van der Waals surface area (Å²) in [6.45, 7) is 2.31. The van der Waals surface area contributed by atoms with Crippen LogP contribution in [0.3, 0.4) is 0 Å². The predicted molar refractivity (Wildman–Crippen MR) is 79.3 cm³/mol. The predicted octanol–water partition coefficient (Wildman–Crippen LogP) is 1.08. The van der Waals surface area contributed by atoms with E-state index in [-0.39, 0.29) is 11.8 Å². The van der Waals surface area contributed by atoms with Gasteiger partial charge in [-0.25, -0.2) is 0 Å². The molecular weight excluding hydrogens is 284 g/mol. The van der Waals surface area contributed by atoms with Gasteiger partial charge in [0.1, 0.15) is 11.2 Å². The maximum atomic E-state index is 12.4. The van der Waals surface area contributed by atoms with E-state index in [2.05, 4.69) is 4.90 Å². The van der Waals surface area contributed by atoms with Crippen LogP contribution in [-0.4, -0.2) is 60.0 Å². The summed E-state index contributed by atoms with van der Waals surface area (Å²) in [6, 6.07) is 3.66. The highest BCUT2D eigenvalue weighted by molar-refractivity contribution is 5.81. The number of furan rings is 1. The molecule has 2 aliphatic rings. The largest absolute Gasteiger partial charge is 0.481 e. The minimum Gasteiger partial charge on any atom is -0.481 e. The Bertz CT molecular complexity index is 557. The van der Waals surface area contributed by atoms with Crippen molar-refractivity contribution in [3.63, 3.8) is 0 Å². The highest BCUT2D eigenvalue weighted by Crippen LogP contribution is 2.42. The molecule has 2 aliphatic heterocycles. The van der Waals surface area contributed by atoms with Crippen LogP contribution in [0.15, 0.2) is 22.8 Å². The van der Waals surface area contributed by atoms with Crippen LogP contribution in [-0.2, 0) is 16.0 Å². The molecule has 0 radical (unpaired) electrons. The number of aliphatic carboxylic acids is 1. The second-order valence-electron chi connectivity index (χ2n) is 6.54. The molecule has 120 valence electrons. The molecule has 1 aromatic heterocycles. The van der Waals surface area contributed by atoms with Gasteiger partial charge in [-0.15, -0.1) is 0 Å². The van der Waals surface area contributed by atoms with E-state index in [1.807, 2.05) is 13.1 Å². The summed E-state index contributed by atoms with van der Waals surface area (Å²) in [4.78, 5) is 28.0. The number of rotatable bonds is 4. The fourth-order valence-electron chi connectivity index (χ4n) is 3.80. The van der Waals surface area contributed by atoms with Gasteiger partial charge in [-0.1, -0.05) is 0 Å². The van der Waals surface area contributed by atoms with Crippen LogP contribution in [0.1, 0.15) is 18.6 Å². The first-order valence-corrected chi connectivity index (χ1v) is 7.73. The monoisotopic (exact) mass is 306 g/mol. The van der Waals surface area contributed by atoms with Gasteiger partial charge in [-0.3, -0.25) is 9.59 Å². The molecule has 0 aliphatic carbocycles. The van der Waals surface area contributed by atoms with E-state index in [4.69, 9.17) is 4.42 Å². The van der Waals surface area contributed by atoms with Crippen molar-refractivity contribution in [1.82, 2.24) is 9.80 Å². The molecule has 0 aromatic carbocycles. The SMILES string of the molecule is CN1CC[C@H]2CN(C(=O)CCc3ccco3)C[C@@]2(C(=O)O)C1. The summed E-state index contributed by atoms with van der Waals surface area (Å²) in [7, 11) is 1.95. The number of hydrogen-bond donors (Lipinski definition) is 1. The summed E-state index contributed by atoms with van der Waals surface area (Å²) in [5.74, 6) is 0.103. The van der Waals surface area contributed by atoms with Crippen LogP contribution in [0.5, 0.6) is 0 Å². The second-order valence-corrected chi connectivity index (χ2v) is 6.54. The van der Waals surface area contributed by atoms with E-state index >= 15 is 0 Å². The van der Waals surface area contributed by atoms with Crippen molar-refractivity contribution in [2.75, 3.05) is 33.2 Å². The second kappa shape index (κ2) is 5.76. The molecule has 1 amide bonds. The molecule has 2 saturated heterocycles. The third-order valence-electron chi connectivity index (χ3n) is 5.05. The van der Waals surface area contributed by atoms with Crippen molar-refractivity contribution in [3.8, 4) is 0 Å². The molecule has 22 heavy (non-hydrogen) atoms. The Balaban J connectivity index is 1.66. The van der Waals surface area contributed by atoms with E-state index in [1.54, 1.807) is 17.2 Å². The van der Waals surface area contributed by atoms with E-state index in [1.165, 1.54) is 0 Å². The van der Waals surface area contributed by atoms with Crippen LogP contribution in [0.2, 0.25) is 0 Å². The minimum absolute atomic E-state index is 0.0223. The number of amides is 1. The number of likely N-dealkylation sites (tertiary alicyclic amines) is 2. The number of carbonyl (C=O) groups is 2. The van der Waals surface area contributed by atoms with Gasteiger partial charge in [0.25, 0.3) is 0 Å². The molecule has 0 saturated carbocycles. The Morgan fingerprint density at radius 2 is 2.27 bits per heavy atom. The molecule has 2 atom stereocenters. The quantitative estimate of drug-likeness (QED) is 0.901. The fraction of sp³-hybridized carbons (Fsp3) is 0.625. The lowest BCUT2D eigenvalue weighted by Crippen LogP contribution is -2.52. The zero-order valence-electron chi connectivity index (χ0n) is 12.8. The Morgan fingerprint density at radius 3 is 2.95 bits per heavy atom. The summed E-state index contributed by atoms with van der Waals surface area (Å²) in [6.07, 6.45) is 3.36. The molecule has 6 nitrogen and oxygen atoms in total. The number of carboxylic acid groups (broad SMARTS) is 1. The molecular formula is C16H22N2O4. The van der Waals surface area contributed by atoms with Gasteiger partial charge in [0, 0.05) is 32.5 Å². The zero-order valence-corrected chi connectivity index (χ0v) is 12.8. The standard InChI is InChI=1S/C16H22N2O4/c1-17-7-6-12-9-18(11-16(12,10-17)15(20)21)14(19)5-4-13-3-2-8-22-13/h2-3,8,12H,4-7,9-11H2,1H3,(H,20,21)/t12-,16-/m0/s1. The molecule has 1 N–H and O–H groups in total. The van der Waals surface area contributed by atoms with Crippen LogP contribution >= 0.6 is 0 Å². The van der Waals surface area contributed by atoms with Crippen molar-refractivity contribution in [3.05, 3.63) is 24.2 Å². The molecule has 3 rings (SSSR count). The van der Waals surface area contributed by atoms with Crippen LogP contribution < -0.4 is 0 Å². The number of carboxylic acids is 1. The number of hydrogen-bond acceptors (Lipinski definition) is 4. The van der Waals surface area contributed by atoms with E-state index < -0.39 is 11.4 Å². The van der Waals surface area contributed by atoms with Crippen molar-refractivity contribution in [1.29, 1.82) is 0 Å². The van der Waals surface area contributed by atoms with Crippen LogP contribution in [0.25, 0.3) is 0 Å². The third kappa shape index (κ3) is 2.63. The van der Waals surface area contributed by atoms with E-state index in [9.17, 15) is 14.7 Å². The zero-order chi connectivity index (χ0) is 15.7. The lowest BCUT2D eigenvalue weighted by atomic mass is 9.73. The lowest BCUT2D eigenvalue weighted by Gasteiger charge is -2.39. The Labute approximate surface area is 129 Å². The fourth-order valence-corrected chi connectivity index (χ4v) is 3.80. The normalized spacial score (nSPS) is 28.6. The highest BCUT2D eigenvalue weighted by Gasteiger charge is 2.55.